The van der Waals surface area contributed by atoms with Crippen molar-refractivity contribution in [3.63, 3.8) is 0 Å². The van der Waals surface area contributed by atoms with Crippen LogP contribution in [0, 0.1) is 6.92 Å². The maximum absolute atomic E-state index is 12.7. The van der Waals surface area contributed by atoms with E-state index in [2.05, 4.69) is 4.98 Å². The van der Waals surface area contributed by atoms with Crippen molar-refractivity contribution in [1.29, 1.82) is 0 Å². The lowest BCUT2D eigenvalue weighted by Gasteiger charge is -2.23. The summed E-state index contributed by atoms with van der Waals surface area (Å²) in [5.41, 5.74) is -1.91. The minimum absolute atomic E-state index is 0.123. The molecule has 0 unspecified atom stereocenters. The Morgan fingerprint density at radius 2 is 1.78 bits per heavy atom. The second kappa shape index (κ2) is 4.26. The van der Waals surface area contributed by atoms with E-state index in [0.29, 0.717) is 0 Å². The molecular formula is C12H14F3NO2. The molecule has 6 heteroatoms. The van der Waals surface area contributed by atoms with E-state index < -0.39 is 23.3 Å². The maximum Gasteiger partial charge on any atom is 0.433 e. The second-order valence-corrected chi connectivity index (χ2v) is 5.07. The van der Waals surface area contributed by atoms with Crippen LogP contribution in [0.4, 0.5) is 13.2 Å². The number of aryl methyl sites for hydroxylation is 1. The topological polar surface area (TPSA) is 50.2 Å². The fourth-order valence-corrected chi connectivity index (χ4v) is 1.68. The van der Waals surface area contributed by atoms with Crippen LogP contribution in [0.1, 0.15) is 48.1 Å². The van der Waals surface area contributed by atoms with E-state index in [1.165, 1.54) is 6.92 Å². The zero-order chi connectivity index (χ0) is 14.3. The second-order valence-electron chi connectivity index (χ2n) is 5.07. The van der Waals surface area contributed by atoms with Crippen molar-refractivity contribution in [3.8, 4) is 0 Å². The van der Waals surface area contributed by atoms with Crippen molar-refractivity contribution in [2.24, 2.45) is 0 Å². The van der Waals surface area contributed by atoms with Crippen LogP contribution in [0.25, 0.3) is 0 Å². The van der Waals surface area contributed by atoms with Crippen molar-refractivity contribution in [2.45, 2.75) is 39.3 Å². The van der Waals surface area contributed by atoms with E-state index in [1.54, 1.807) is 20.8 Å². The van der Waals surface area contributed by atoms with E-state index >= 15 is 0 Å². The number of halogens is 3. The molecular weight excluding hydrogens is 247 g/mol. The zero-order valence-corrected chi connectivity index (χ0v) is 10.5. The van der Waals surface area contributed by atoms with Gasteiger partial charge in [0.25, 0.3) is 0 Å². The molecule has 0 fully saturated rings. The normalized spacial score (nSPS) is 12.6. The molecule has 0 aromatic carbocycles. The quantitative estimate of drug-likeness (QED) is 0.842. The molecule has 0 bridgehead atoms. The fraction of sp³-hybridized carbons (Fsp3) is 0.500. The van der Waals surface area contributed by atoms with Gasteiger partial charge < -0.3 is 5.11 Å². The van der Waals surface area contributed by atoms with Crippen molar-refractivity contribution < 1.29 is 23.1 Å². The molecule has 100 valence electrons. The Bertz CT molecular complexity index is 487. The highest BCUT2D eigenvalue weighted by Gasteiger charge is 2.36. The van der Waals surface area contributed by atoms with Gasteiger partial charge in [0.1, 0.15) is 5.69 Å². The number of hydrogen-bond donors (Lipinski definition) is 1. The standard InChI is InChI=1S/C12H14F3NO2/c1-6-9(10(17)18)7(11(2,3)4)5-8(16-6)12(13,14)15/h5H,1-4H3,(H,17,18). The van der Waals surface area contributed by atoms with Gasteiger partial charge in [-0.3, -0.25) is 0 Å². The number of pyridine rings is 1. The van der Waals surface area contributed by atoms with Crippen LogP contribution < -0.4 is 0 Å². The van der Waals surface area contributed by atoms with Crippen LogP contribution in [0.5, 0.6) is 0 Å². The van der Waals surface area contributed by atoms with Gasteiger partial charge in [0.05, 0.1) is 11.3 Å². The van der Waals surface area contributed by atoms with Gasteiger partial charge in [0.2, 0.25) is 0 Å². The van der Waals surface area contributed by atoms with Gasteiger partial charge in [-0.2, -0.15) is 13.2 Å². The lowest BCUT2D eigenvalue weighted by Crippen LogP contribution is -2.22. The largest absolute Gasteiger partial charge is 0.478 e. The SMILES string of the molecule is Cc1nc(C(F)(F)F)cc(C(C)(C)C)c1C(=O)O. The van der Waals surface area contributed by atoms with Crippen LogP contribution in [0.15, 0.2) is 6.07 Å². The Morgan fingerprint density at radius 3 is 2.11 bits per heavy atom. The van der Waals surface area contributed by atoms with Crippen molar-refractivity contribution in [3.05, 3.63) is 28.6 Å². The number of aromatic carboxylic acids is 1. The number of nitrogens with zero attached hydrogens (tertiary/aromatic N) is 1. The number of alkyl halides is 3. The third-order valence-corrected chi connectivity index (χ3v) is 2.51. The molecule has 0 radical (unpaired) electrons. The van der Waals surface area contributed by atoms with E-state index in [1.807, 2.05) is 0 Å². The Kier molecular flexibility index (Phi) is 3.42. The summed E-state index contributed by atoms with van der Waals surface area (Å²) in [6.07, 6.45) is -4.58. The molecule has 3 nitrogen and oxygen atoms in total. The van der Waals surface area contributed by atoms with Gasteiger partial charge in [0, 0.05) is 0 Å². The predicted molar refractivity (Wildman–Crippen MR) is 59.6 cm³/mol. The summed E-state index contributed by atoms with van der Waals surface area (Å²) in [4.78, 5) is 14.5. The van der Waals surface area contributed by atoms with Crippen LogP contribution in [0.2, 0.25) is 0 Å². The number of hydrogen-bond acceptors (Lipinski definition) is 2. The van der Waals surface area contributed by atoms with Gasteiger partial charge in [-0.15, -0.1) is 0 Å². The summed E-state index contributed by atoms with van der Waals surface area (Å²) in [6, 6.07) is 0.816. The minimum Gasteiger partial charge on any atom is -0.478 e. The highest BCUT2D eigenvalue weighted by Crippen LogP contribution is 2.34. The third kappa shape index (κ3) is 2.80. The number of aromatic nitrogens is 1. The summed E-state index contributed by atoms with van der Waals surface area (Å²) in [5, 5.41) is 9.08. The van der Waals surface area contributed by atoms with Crippen LogP contribution >= 0.6 is 0 Å². The lowest BCUT2D eigenvalue weighted by molar-refractivity contribution is -0.141. The molecule has 1 rings (SSSR count). The van der Waals surface area contributed by atoms with E-state index in [4.69, 9.17) is 5.11 Å². The first-order chi connectivity index (χ1) is 7.94. The van der Waals surface area contributed by atoms with Crippen molar-refractivity contribution in [2.75, 3.05) is 0 Å². The van der Waals surface area contributed by atoms with Crippen LogP contribution in [-0.4, -0.2) is 16.1 Å². The molecule has 1 heterocycles. The van der Waals surface area contributed by atoms with E-state index in [9.17, 15) is 18.0 Å². The highest BCUT2D eigenvalue weighted by atomic mass is 19.4. The third-order valence-electron chi connectivity index (χ3n) is 2.51. The van der Waals surface area contributed by atoms with Crippen LogP contribution in [0.3, 0.4) is 0 Å². The molecule has 1 aromatic rings. The van der Waals surface area contributed by atoms with Crippen LogP contribution in [-0.2, 0) is 11.6 Å². The van der Waals surface area contributed by atoms with E-state index in [-0.39, 0.29) is 16.8 Å². The maximum atomic E-state index is 12.7. The molecule has 0 aliphatic heterocycles. The summed E-state index contributed by atoms with van der Waals surface area (Å²) in [7, 11) is 0. The Balaban J connectivity index is 3.64. The first-order valence-electron chi connectivity index (χ1n) is 5.27. The smallest absolute Gasteiger partial charge is 0.433 e. The summed E-state index contributed by atoms with van der Waals surface area (Å²) < 4.78 is 38.0. The predicted octanol–water partition coefficient (Wildman–Crippen LogP) is 3.40. The average Bonchev–Trinajstić information content (AvgIpc) is 2.12. The molecule has 0 saturated carbocycles. The van der Waals surface area contributed by atoms with Crippen molar-refractivity contribution in [1.82, 2.24) is 4.98 Å². The zero-order valence-electron chi connectivity index (χ0n) is 10.5. The first kappa shape index (κ1) is 14.5. The summed E-state index contributed by atoms with van der Waals surface area (Å²) in [6.45, 7) is 6.25. The highest BCUT2D eigenvalue weighted by molar-refractivity contribution is 5.91. The number of rotatable bonds is 1. The Morgan fingerprint density at radius 1 is 1.28 bits per heavy atom. The lowest BCUT2D eigenvalue weighted by atomic mass is 9.83. The molecule has 1 N–H and O–H groups in total. The number of carboxylic acid groups (broad SMARTS) is 1. The van der Waals surface area contributed by atoms with E-state index in [0.717, 1.165) is 6.07 Å². The molecule has 1 aromatic heterocycles. The van der Waals surface area contributed by atoms with Gasteiger partial charge in [-0.25, -0.2) is 9.78 Å². The molecule has 0 spiro atoms. The minimum atomic E-state index is -4.58. The average molecular weight is 261 g/mol. The summed E-state index contributed by atoms with van der Waals surface area (Å²) >= 11 is 0. The summed E-state index contributed by atoms with van der Waals surface area (Å²) in [5.74, 6) is -1.27. The molecule has 0 aliphatic carbocycles. The Hall–Kier alpha value is -1.59. The van der Waals surface area contributed by atoms with Gasteiger partial charge in [-0.1, -0.05) is 20.8 Å². The number of carbonyl (C=O) groups is 1. The van der Waals surface area contributed by atoms with Gasteiger partial charge in [-0.05, 0) is 24.0 Å². The monoisotopic (exact) mass is 261 g/mol. The van der Waals surface area contributed by atoms with Gasteiger partial charge >= 0.3 is 12.1 Å². The number of carboxylic acids is 1. The van der Waals surface area contributed by atoms with Crippen molar-refractivity contribution >= 4 is 5.97 Å². The molecule has 0 saturated heterocycles. The first-order valence-corrected chi connectivity index (χ1v) is 5.27. The fourth-order valence-electron chi connectivity index (χ4n) is 1.68. The van der Waals surface area contributed by atoms with Gasteiger partial charge in [0.15, 0.2) is 0 Å². The molecule has 0 aliphatic rings. The molecule has 0 atom stereocenters. The Labute approximate surface area is 103 Å². The molecule has 0 amide bonds. The molecule has 18 heavy (non-hydrogen) atoms.